The Morgan fingerprint density at radius 2 is 2.25 bits per heavy atom. The topological polar surface area (TPSA) is 17.1 Å². The van der Waals surface area contributed by atoms with Crippen LogP contribution in [0.1, 0.15) is 16.8 Å². The molecule has 0 bridgehead atoms. The van der Waals surface area contributed by atoms with Crippen molar-refractivity contribution in [3.8, 4) is 0 Å². The summed E-state index contributed by atoms with van der Waals surface area (Å²) in [6, 6.07) is 7.65. The van der Waals surface area contributed by atoms with Crippen molar-refractivity contribution < 1.29 is 4.79 Å². The fourth-order valence-electron chi connectivity index (χ4n) is 0.892. The van der Waals surface area contributed by atoms with Gasteiger partial charge >= 0.3 is 0 Å². The van der Waals surface area contributed by atoms with E-state index in [2.05, 4.69) is 38.5 Å². The lowest BCUT2D eigenvalue weighted by atomic mass is 10.1. The molecule has 0 spiro atoms. The minimum atomic E-state index is 0.199. The molecule has 0 radical (unpaired) electrons. The molecule has 0 aromatic heterocycles. The van der Waals surface area contributed by atoms with Gasteiger partial charge in [-0.15, -0.1) is 0 Å². The van der Waals surface area contributed by atoms with E-state index < -0.39 is 0 Å². The number of alkyl halides is 1. The van der Waals surface area contributed by atoms with Gasteiger partial charge in [-0.2, -0.15) is 0 Å². The van der Waals surface area contributed by atoms with Gasteiger partial charge in [0.1, 0.15) is 0 Å². The zero-order valence-electron chi connectivity index (χ0n) is 6.39. The van der Waals surface area contributed by atoms with Gasteiger partial charge in [-0.3, -0.25) is 4.79 Å². The van der Waals surface area contributed by atoms with E-state index in [1.807, 2.05) is 24.3 Å². The average Bonchev–Trinajstić information content (AvgIpc) is 2.05. The van der Waals surface area contributed by atoms with Crippen molar-refractivity contribution in [2.24, 2.45) is 0 Å². The monoisotopic (exact) mass is 338 g/mol. The van der Waals surface area contributed by atoms with Gasteiger partial charge in [-0.05, 0) is 34.7 Å². The van der Waals surface area contributed by atoms with Crippen LogP contribution in [0.4, 0.5) is 0 Å². The standard InChI is InChI=1S/C9H8BrIO/c10-5-4-9(12)7-2-1-3-8(11)6-7/h1-3,6H,4-5H2. The Hall–Kier alpha value is 0.100. The number of rotatable bonds is 3. The molecule has 0 fully saturated rings. The second kappa shape index (κ2) is 4.97. The van der Waals surface area contributed by atoms with Crippen LogP contribution < -0.4 is 0 Å². The quantitative estimate of drug-likeness (QED) is 0.469. The molecule has 0 atom stereocenters. The van der Waals surface area contributed by atoms with E-state index in [0.29, 0.717) is 6.42 Å². The summed E-state index contributed by atoms with van der Waals surface area (Å²) in [5, 5.41) is 0.733. The summed E-state index contributed by atoms with van der Waals surface area (Å²) in [5.74, 6) is 0.199. The minimum Gasteiger partial charge on any atom is -0.294 e. The molecular formula is C9H8BrIO. The number of Topliss-reactive ketones (excluding diaryl/α,β-unsaturated/α-hetero) is 1. The zero-order chi connectivity index (χ0) is 8.97. The van der Waals surface area contributed by atoms with Crippen LogP contribution in [0.3, 0.4) is 0 Å². The van der Waals surface area contributed by atoms with Crippen molar-refractivity contribution >= 4 is 44.3 Å². The second-order valence-electron chi connectivity index (χ2n) is 2.37. The summed E-state index contributed by atoms with van der Waals surface area (Å²) >= 11 is 5.45. The maximum absolute atomic E-state index is 11.4. The predicted octanol–water partition coefficient (Wildman–Crippen LogP) is 3.26. The van der Waals surface area contributed by atoms with Crippen molar-refractivity contribution in [3.63, 3.8) is 0 Å². The van der Waals surface area contributed by atoms with E-state index in [0.717, 1.165) is 14.5 Å². The first-order valence-corrected chi connectivity index (χ1v) is 5.79. The summed E-state index contributed by atoms with van der Waals surface area (Å²) in [6.07, 6.45) is 0.570. The Morgan fingerprint density at radius 1 is 1.50 bits per heavy atom. The van der Waals surface area contributed by atoms with Crippen molar-refractivity contribution in [2.45, 2.75) is 6.42 Å². The van der Waals surface area contributed by atoms with E-state index in [-0.39, 0.29) is 5.78 Å². The highest BCUT2D eigenvalue weighted by atomic mass is 127. The van der Waals surface area contributed by atoms with E-state index in [9.17, 15) is 4.79 Å². The van der Waals surface area contributed by atoms with Crippen LogP contribution in [0.25, 0.3) is 0 Å². The molecule has 12 heavy (non-hydrogen) atoms. The lowest BCUT2D eigenvalue weighted by Gasteiger charge is -1.98. The van der Waals surface area contributed by atoms with Gasteiger partial charge in [0.25, 0.3) is 0 Å². The summed E-state index contributed by atoms with van der Waals surface area (Å²) in [5.41, 5.74) is 0.807. The van der Waals surface area contributed by atoms with Crippen LogP contribution in [0, 0.1) is 3.57 Å². The van der Waals surface area contributed by atoms with Gasteiger partial charge in [0.2, 0.25) is 0 Å². The average molecular weight is 339 g/mol. The summed E-state index contributed by atoms with van der Waals surface area (Å²) in [7, 11) is 0. The normalized spacial score (nSPS) is 9.83. The van der Waals surface area contributed by atoms with Crippen LogP contribution in [0.15, 0.2) is 24.3 Å². The van der Waals surface area contributed by atoms with Gasteiger partial charge in [-0.25, -0.2) is 0 Å². The van der Waals surface area contributed by atoms with Crippen molar-refractivity contribution in [1.82, 2.24) is 0 Å². The van der Waals surface area contributed by atoms with E-state index in [1.165, 1.54) is 0 Å². The van der Waals surface area contributed by atoms with Crippen LogP contribution in [-0.4, -0.2) is 11.1 Å². The number of hydrogen-bond donors (Lipinski definition) is 0. The molecule has 0 aliphatic heterocycles. The fourth-order valence-corrected chi connectivity index (χ4v) is 1.80. The van der Waals surface area contributed by atoms with E-state index >= 15 is 0 Å². The highest BCUT2D eigenvalue weighted by Gasteiger charge is 2.03. The lowest BCUT2D eigenvalue weighted by molar-refractivity contribution is 0.0990. The summed E-state index contributed by atoms with van der Waals surface area (Å²) in [4.78, 5) is 11.4. The molecule has 0 saturated heterocycles. The van der Waals surface area contributed by atoms with Crippen LogP contribution in [0.5, 0.6) is 0 Å². The molecule has 1 aromatic rings. The molecule has 0 unspecified atom stereocenters. The Bertz CT molecular complexity index is 286. The number of ketones is 1. The van der Waals surface area contributed by atoms with Crippen LogP contribution in [0.2, 0.25) is 0 Å². The van der Waals surface area contributed by atoms with Crippen molar-refractivity contribution in [1.29, 1.82) is 0 Å². The number of carbonyl (C=O) groups excluding carboxylic acids is 1. The number of hydrogen-bond acceptors (Lipinski definition) is 1. The van der Waals surface area contributed by atoms with Gasteiger partial charge in [-0.1, -0.05) is 28.1 Å². The molecule has 1 aromatic carbocycles. The Morgan fingerprint density at radius 3 is 2.83 bits per heavy atom. The van der Waals surface area contributed by atoms with Crippen LogP contribution in [-0.2, 0) is 0 Å². The van der Waals surface area contributed by atoms with Crippen molar-refractivity contribution in [3.05, 3.63) is 33.4 Å². The number of benzene rings is 1. The molecule has 3 heteroatoms. The summed E-state index contributed by atoms with van der Waals surface area (Å²) in [6.45, 7) is 0. The molecule has 1 rings (SSSR count). The predicted molar refractivity (Wildman–Crippen MR) is 61.9 cm³/mol. The van der Waals surface area contributed by atoms with Crippen LogP contribution >= 0.6 is 38.5 Å². The Kier molecular flexibility index (Phi) is 4.21. The highest BCUT2D eigenvalue weighted by molar-refractivity contribution is 14.1. The molecule has 0 saturated carbocycles. The van der Waals surface area contributed by atoms with Gasteiger partial charge < -0.3 is 0 Å². The third-order valence-electron chi connectivity index (χ3n) is 1.47. The fraction of sp³-hybridized carbons (Fsp3) is 0.222. The zero-order valence-corrected chi connectivity index (χ0v) is 10.1. The van der Waals surface area contributed by atoms with Crippen molar-refractivity contribution in [2.75, 3.05) is 5.33 Å². The highest BCUT2D eigenvalue weighted by Crippen LogP contribution is 2.10. The molecular weight excluding hydrogens is 331 g/mol. The summed E-state index contributed by atoms with van der Waals surface area (Å²) < 4.78 is 1.10. The molecule has 1 nitrogen and oxygen atoms in total. The smallest absolute Gasteiger partial charge is 0.163 e. The molecule has 0 N–H and O–H groups in total. The van der Waals surface area contributed by atoms with Gasteiger partial charge in [0.05, 0.1) is 0 Å². The molecule has 0 amide bonds. The Balaban J connectivity index is 2.81. The maximum atomic E-state index is 11.4. The lowest BCUT2D eigenvalue weighted by Crippen LogP contribution is -1.99. The number of carbonyl (C=O) groups is 1. The Labute approximate surface area is 93.8 Å². The minimum absolute atomic E-state index is 0.199. The number of halogens is 2. The van der Waals surface area contributed by atoms with Gasteiger partial charge in [0, 0.05) is 20.9 Å². The third-order valence-corrected chi connectivity index (χ3v) is 2.54. The first kappa shape index (κ1) is 10.2. The van der Waals surface area contributed by atoms with E-state index in [1.54, 1.807) is 0 Å². The third kappa shape index (κ3) is 2.86. The van der Waals surface area contributed by atoms with Gasteiger partial charge in [0.15, 0.2) is 5.78 Å². The maximum Gasteiger partial charge on any atom is 0.163 e. The first-order chi connectivity index (χ1) is 5.74. The SMILES string of the molecule is O=C(CCBr)c1cccc(I)c1. The molecule has 0 heterocycles. The second-order valence-corrected chi connectivity index (χ2v) is 4.41. The first-order valence-electron chi connectivity index (χ1n) is 3.59. The largest absolute Gasteiger partial charge is 0.294 e. The van der Waals surface area contributed by atoms with E-state index in [4.69, 9.17) is 0 Å². The molecule has 0 aliphatic carbocycles. The molecule has 64 valence electrons. The molecule has 0 aliphatic rings.